The van der Waals surface area contributed by atoms with E-state index in [1.54, 1.807) is 4.90 Å². The molecule has 1 heterocycles. The van der Waals surface area contributed by atoms with E-state index < -0.39 is 0 Å². The summed E-state index contributed by atoms with van der Waals surface area (Å²) in [5, 5.41) is 14.2. The van der Waals surface area contributed by atoms with Crippen molar-refractivity contribution in [3.8, 4) is 0 Å². The van der Waals surface area contributed by atoms with Crippen LogP contribution in [0.25, 0.3) is 0 Å². The lowest BCUT2D eigenvalue weighted by molar-refractivity contribution is 0.192. The molecule has 0 aliphatic heterocycles. The van der Waals surface area contributed by atoms with Crippen molar-refractivity contribution >= 4 is 22.4 Å². The molecule has 0 aliphatic rings. The predicted molar refractivity (Wildman–Crippen MR) is 57.7 cm³/mol. The van der Waals surface area contributed by atoms with Crippen LogP contribution in [0.1, 0.15) is 6.92 Å². The van der Waals surface area contributed by atoms with Crippen LogP contribution in [0.3, 0.4) is 0 Å². The van der Waals surface area contributed by atoms with Crippen LogP contribution in [0.5, 0.6) is 0 Å². The van der Waals surface area contributed by atoms with Crippen molar-refractivity contribution in [2.45, 2.75) is 6.92 Å². The summed E-state index contributed by atoms with van der Waals surface area (Å²) in [6, 6.07) is 3.56. The van der Waals surface area contributed by atoms with Gasteiger partial charge in [-0.3, -0.25) is 5.32 Å². The zero-order chi connectivity index (χ0) is 10.4. The van der Waals surface area contributed by atoms with Crippen LogP contribution in [-0.4, -0.2) is 35.7 Å². The van der Waals surface area contributed by atoms with Crippen LogP contribution in [0.4, 0.5) is 9.80 Å². The molecular weight excluding hydrogens is 200 g/mol. The minimum atomic E-state index is -0.163. The third kappa shape index (κ3) is 3.01. The highest BCUT2D eigenvalue weighted by molar-refractivity contribution is 7.14. The van der Waals surface area contributed by atoms with E-state index in [0.29, 0.717) is 13.1 Å². The molecule has 0 saturated heterocycles. The van der Waals surface area contributed by atoms with Crippen molar-refractivity contribution in [1.29, 1.82) is 0 Å². The van der Waals surface area contributed by atoms with Gasteiger partial charge >= 0.3 is 6.03 Å². The average molecular weight is 214 g/mol. The first kappa shape index (κ1) is 11.0. The number of nitrogens with one attached hydrogen (secondary N) is 1. The third-order valence-corrected chi connectivity index (χ3v) is 2.58. The molecule has 0 aromatic carbocycles. The molecule has 0 atom stereocenters. The van der Waals surface area contributed by atoms with Crippen LogP contribution in [-0.2, 0) is 0 Å². The van der Waals surface area contributed by atoms with E-state index in [1.165, 1.54) is 11.3 Å². The van der Waals surface area contributed by atoms with Gasteiger partial charge in [-0.05, 0) is 24.4 Å². The summed E-state index contributed by atoms with van der Waals surface area (Å²) < 4.78 is 0. The third-order valence-electron chi connectivity index (χ3n) is 1.79. The van der Waals surface area contributed by atoms with Crippen molar-refractivity contribution in [3.05, 3.63) is 17.5 Å². The standard InChI is InChI=1S/C9H14N2O2S/c1-2-11(5-6-12)9(13)10-8-4-3-7-14-8/h3-4,7,12H,2,5-6H2,1H3,(H,10,13). The lowest BCUT2D eigenvalue weighted by Gasteiger charge is -2.19. The summed E-state index contributed by atoms with van der Waals surface area (Å²) in [5.41, 5.74) is 0. The van der Waals surface area contributed by atoms with E-state index in [0.717, 1.165) is 5.00 Å². The highest BCUT2D eigenvalue weighted by atomic mass is 32.1. The normalized spacial score (nSPS) is 9.86. The molecule has 0 saturated carbocycles. The number of thiophene rings is 1. The molecule has 4 nitrogen and oxygen atoms in total. The van der Waals surface area contributed by atoms with Gasteiger partial charge in [0.1, 0.15) is 0 Å². The molecule has 1 aromatic heterocycles. The predicted octanol–water partition coefficient (Wildman–Crippen LogP) is 1.59. The fourth-order valence-corrected chi connectivity index (χ4v) is 1.67. The maximum atomic E-state index is 11.5. The highest BCUT2D eigenvalue weighted by Crippen LogP contribution is 2.15. The Bertz CT molecular complexity index is 274. The monoisotopic (exact) mass is 214 g/mol. The van der Waals surface area contributed by atoms with Crippen LogP contribution in [0, 0.1) is 0 Å². The fourth-order valence-electron chi connectivity index (χ4n) is 1.06. The number of rotatable bonds is 4. The molecule has 0 radical (unpaired) electrons. The van der Waals surface area contributed by atoms with E-state index >= 15 is 0 Å². The molecule has 2 amide bonds. The summed E-state index contributed by atoms with van der Waals surface area (Å²) in [4.78, 5) is 13.1. The van der Waals surface area contributed by atoms with E-state index in [2.05, 4.69) is 5.32 Å². The molecule has 2 N–H and O–H groups in total. The fraction of sp³-hybridized carbons (Fsp3) is 0.444. The molecule has 14 heavy (non-hydrogen) atoms. The molecule has 0 bridgehead atoms. The number of urea groups is 1. The summed E-state index contributed by atoms with van der Waals surface area (Å²) in [5.74, 6) is 0. The van der Waals surface area contributed by atoms with Gasteiger partial charge in [0.15, 0.2) is 0 Å². The van der Waals surface area contributed by atoms with Crippen molar-refractivity contribution in [1.82, 2.24) is 4.90 Å². The van der Waals surface area contributed by atoms with Crippen molar-refractivity contribution in [3.63, 3.8) is 0 Å². The van der Waals surface area contributed by atoms with Gasteiger partial charge in [-0.2, -0.15) is 0 Å². The van der Waals surface area contributed by atoms with Crippen LogP contribution < -0.4 is 5.32 Å². The largest absolute Gasteiger partial charge is 0.395 e. The van der Waals surface area contributed by atoms with Gasteiger partial charge in [0.05, 0.1) is 11.6 Å². The Kier molecular flexibility index (Phi) is 4.42. The van der Waals surface area contributed by atoms with Gasteiger partial charge in [0.2, 0.25) is 0 Å². The number of nitrogens with zero attached hydrogens (tertiary/aromatic N) is 1. The van der Waals surface area contributed by atoms with Crippen molar-refractivity contribution < 1.29 is 9.90 Å². The lowest BCUT2D eigenvalue weighted by Crippen LogP contribution is -2.36. The Morgan fingerprint density at radius 1 is 1.71 bits per heavy atom. The Morgan fingerprint density at radius 3 is 3.00 bits per heavy atom. The van der Waals surface area contributed by atoms with Crippen molar-refractivity contribution in [2.24, 2.45) is 0 Å². The number of carbonyl (C=O) groups excluding carboxylic acids is 1. The maximum Gasteiger partial charge on any atom is 0.322 e. The van der Waals surface area contributed by atoms with E-state index in [1.807, 2.05) is 24.4 Å². The molecular formula is C9H14N2O2S. The van der Waals surface area contributed by atoms with Crippen LogP contribution in [0.15, 0.2) is 17.5 Å². The number of hydrogen-bond acceptors (Lipinski definition) is 3. The van der Waals surface area contributed by atoms with E-state index in [9.17, 15) is 4.79 Å². The molecule has 5 heteroatoms. The molecule has 0 fully saturated rings. The van der Waals surface area contributed by atoms with Gasteiger partial charge in [0.25, 0.3) is 0 Å². The van der Waals surface area contributed by atoms with E-state index in [-0.39, 0.29) is 12.6 Å². The number of hydrogen-bond donors (Lipinski definition) is 2. The van der Waals surface area contributed by atoms with Crippen LogP contribution in [0.2, 0.25) is 0 Å². The Labute approximate surface area is 87.2 Å². The molecule has 78 valence electrons. The minimum Gasteiger partial charge on any atom is -0.395 e. The smallest absolute Gasteiger partial charge is 0.322 e. The summed E-state index contributed by atoms with van der Waals surface area (Å²) in [7, 11) is 0. The first-order valence-electron chi connectivity index (χ1n) is 4.48. The van der Waals surface area contributed by atoms with Gasteiger partial charge in [-0.25, -0.2) is 4.79 Å². The second-order valence-electron chi connectivity index (χ2n) is 2.71. The quantitative estimate of drug-likeness (QED) is 0.799. The zero-order valence-corrected chi connectivity index (χ0v) is 8.88. The number of carbonyl (C=O) groups is 1. The van der Waals surface area contributed by atoms with Gasteiger partial charge in [-0.1, -0.05) is 0 Å². The number of aliphatic hydroxyl groups is 1. The Morgan fingerprint density at radius 2 is 2.50 bits per heavy atom. The summed E-state index contributed by atoms with van der Waals surface area (Å²) in [6.45, 7) is 2.83. The van der Waals surface area contributed by atoms with E-state index in [4.69, 9.17) is 5.11 Å². The Hall–Kier alpha value is -1.07. The number of aliphatic hydroxyl groups excluding tert-OH is 1. The van der Waals surface area contributed by atoms with Gasteiger partial charge < -0.3 is 10.0 Å². The summed E-state index contributed by atoms with van der Waals surface area (Å²) >= 11 is 1.48. The Balaban J connectivity index is 2.47. The second kappa shape index (κ2) is 5.62. The first-order chi connectivity index (χ1) is 6.77. The lowest BCUT2D eigenvalue weighted by atomic mass is 10.5. The van der Waals surface area contributed by atoms with Gasteiger partial charge in [-0.15, -0.1) is 11.3 Å². The van der Waals surface area contributed by atoms with Crippen molar-refractivity contribution in [2.75, 3.05) is 25.0 Å². The molecule has 1 aromatic rings. The first-order valence-corrected chi connectivity index (χ1v) is 5.36. The second-order valence-corrected chi connectivity index (χ2v) is 3.66. The zero-order valence-electron chi connectivity index (χ0n) is 8.06. The highest BCUT2D eigenvalue weighted by Gasteiger charge is 2.10. The van der Waals surface area contributed by atoms with Crippen LogP contribution >= 0.6 is 11.3 Å². The minimum absolute atomic E-state index is 0.00823. The number of amides is 2. The maximum absolute atomic E-state index is 11.5. The molecule has 0 spiro atoms. The van der Waals surface area contributed by atoms with Gasteiger partial charge in [0, 0.05) is 13.1 Å². The average Bonchev–Trinajstić information content (AvgIpc) is 2.66. The SMILES string of the molecule is CCN(CCO)C(=O)Nc1cccs1. The number of anilines is 1. The molecule has 0 unspecified atom stereocenters. The molecule has 1 rings (SSSR count). The summed E-state index contributed by atoms with van der Waals surface area (Å²) in [6.07, 6.45) is 0. The topological polar surface area (TPSA) is 52.6 Å². The number of likely N-dealkylation sites (N-methyl/N-ethyl adjacent to an activating group) is 1. The molecule has 0 aliphatic carbocycles.